The summed E-state index contributed by atoms with van der Waals surface area (Å²) in [6, 6.07) is 3.37. The van der Waals surface area contributed by atoms with Crippen molar-refractivity contribution in [1.29, 1.82) is 0 Å². The fourth-order valence-corrected chi connectivity index (χ4v) is 1.79. The van der Waals surface area contributed by atoms with Crippen molar-refractivity contribution >= 4 is 29.6 Å². The van der Waals surface area contributed by atoms with Crippen LogP contribution in [0.1, 0.15) is 33.6 Å². The summed E-state index contributed by atoms with van der Waals surface area (Å²) in [6.07, 6.45) is 0.211. The van der Waals surface area contributed by atoms with Crippen LogP contribution in [0.15, 0.2) is 18.2 Å². The average Bonchev–Trinajstić information content (AvgIpc) is 2.56. The Morgan fingerprint density at radius 2 is 1.54 bits per heavy atom. The molecular weight excluding hydrogens is 320 g/mol. The van der Waals surface area contributed by atoms with Crippen molar-refractivity contribution in [2.24, 2.45) is 0 Å². The summed E-state index contributed by atoms with van der Waals surface area (Å²) in [5.74, 6) is -2.30. The molecule has 0 atom stereocenters. The van der Waals surface area contributed by atoms with E-state index in [4.69, 9.17) is 5.11 Å². The van der Waals surface area contributed by atoms with Crippen LogP contribution in [-0.4, -0.2) is 49.8 Å². The predicted octanol–water partition coefficient (Wildman–Crippen LogP) is 1.25. The van der Waals surface area contributed by atoms with Crippen LogP contribution in [0.4, 0.5) is 10.5 Å². The summed E-state index contributed by atoms with van der Waals surface area (Å²) in [7, 11) is 2.38. The van der Waals surface area contributed by atoms with E-state index >= 15 is 0 Å². The van der Waals surface area contributed by atoms with E-state index in [0.29, 0.717) is 0 Å². The topological polar surface area (TPSA) is 131 Å². The van der Waals surface area contributed by atoms with Gasteiger partial charge in [0.1, 0.15) is 0 Å². The zero-order valence-corrected chi connectivity index (χ0v) is 13.3. The van der Waals surface area contributed by atoms with Gasteiger partial charge in [0.25, 0.3) is 0 Å². The summed E-state index contributed by atoms with van der Waals surface area (Å²) >= 11 is 0. The number of ether oxygens (including phenoxy) is 2. The molecular formula is C15H18N2O7. The first kappa shape index (κ1) is 18.9. The van der Waals surface area contributed by atoms with Crippen LogP contribution < -0.4 is 10.6 Å². The van der Waals surface area contributed by atoms with Gasteiger partial charge in [-0.05, 0) is 24.6 Å². The van der Waals surface area contributed by atoms with Crippen LogP contribution >= 0.6 is 0 Å². The standard InChI is InChI=1S/C15H18N2O7/c1-23-13(20)9-6-10(14(21)24-2)8-11(7-9)17-15(22)16-5-3-4-12(18)19/h6-8H,3-5H2,1-2H3,(H,18,19)(H2,16,17,22). The van der Waals surface area contributed by atoms with Gasteiger partial charge in [-0.3, -0.25) is 4.79 Å². The third-order valence-electron chi connectivity index (χ3n) is 2.89. The molecule has 0 unspecified atom stereocenters. The average molecular weight is 338 g/mol. The number of aliphatic carboxylic acids is 1. The molecule has 0 radical (unpaired) electrons. The van der Waals surface area contributed by atoms with E-state index in [-0.39, 0.29) is 36.2 Å². The highest BCUT2D eigenvalue weighted by atomic mass is 16.5. The normalized spacial score (nSPS) is 9.75. The molecule has 3 N–H and O–H groups in total. The molecule has 1 aromatic carbocycles. The number of anilines is 1. The molecule has 0 aliphatic rings. The summed E-state index contributed by atoms with van der Waals surface area (Å²) in [4.78, 5) is 45.4. The number of amides is 2. The van der Waals surface area contributed by atoms with Crippen molar-refractivity contribution in [2.75, 3.05) is 26.1 Å². The van der Waals surface area contributed by atoms with Crippen LogP contribution in [0.3, 0.4) is 0 Å². The Labute approximate surface area is 137 Å². The highest BCUT2D eigenvalue weighted by Gasteiger charge is 2.14. The number of methoxy groups -OCH3 is 2. The zero-order valence-electron chi connectivity index (χ0n) is 13.3. The van der Waals surface area contributed by atoms with E-state index in [0.717, 1.165) is 0 Å². The van der Waals surface area contributed by atoms with Crippen LogP contribution in [0.2, 0.25) is 0 Å². The number of hydrogen-bond donors (Lipinski definition) is 3. The minimum absolute atomic E-state index is 0.0649. The minimum atomic E-state index is -0.953. The minimum Gasteiger partial charge on any atom is -0.481 e. The smallest absolute Gasteiger partial charge is 0.337 e. The second-order valence-electron chi connectivity index (χ2n) is 4.66. The quantitative estimate of drug-likeness (QED) is 0.503. The maximum Gasteiger partial charge on any atom is 0.337 e. The highest BCUT2D eigenvalue weighted by Crippen LogP contribution is 2.17. The number of carbonyl (C=O) groups is 4. The molecule has 0 saturated carbocycles. The number of esters is 2. The molecule has 0 bridgehead atoms. The Morgan fingerprint density at radius 3 is 2.00 bits per heavy atom. The summed E-state index contributed by atoms with van der Waals surface area (Å²) in [5.41, 5.74) is 0.331. The predicted molar refractivity (Wildman–Crippen MR) is 83.0 cm³/mol. The van der Waals surface area contributed by atoms with E-state index in [1.54, 1.807) is 0 Å². The van der Waals surface area contributed by atoms with Gasteiger partial charge < -0.3 is 25.2 Å². The molecule has 0 aliphatic heterocycles. The lowest BCUT2D eigenvalue weighted by Gasteiger charge is -2.10. The molecule has 1 rings (SSSR count). The van der Waals surface area contributed by atoms with Crippen molar-refractivity contribution in [2.45, 2.75) is 12.8 Å². The number of carboxylic acids is 1. The second-order valence-corrected chi connectivity index (χ2v) is 4.66. The van der Waals surface area contributed by atoms with Gasteiger partial charge >= 0.3 is 23.9 Å². The SMILES string of the molecule is COC(=O)c1cc(NC(=O)NCCCC(=O)O)cc(C(=O)OC)c1. The molecule has 0 heterocycles. The Hall–Kier alpha value is -3.10. The van der Waals surface area contributed by atoms with E-state index in [1.165, 1.54) is 32.4 Å². The van der Waals surface area contributed by atoms with Gasteiger partial charge in [0.05, 0.1) is 25.3 Å². The molecule has 9 heteroatoms. The number of benzene rings is 1. The van der Waals surface area contributed by atoms with Gasteiger partial charge in [-0.1, -0.05) is 0 Å². The van der Waals surface area contributed by atoms with E-state index in [2.05, 4.69) is 20.1 Å². The Bertz CT molecular complexity index is 608. The molecule has 130 valence electrons. The van der Waals surface area contributed by atoms with Crippen molar-refractivity contribution in [3.63, 3.8) is 0 Å². The first-order valence-electron chi connectivity index (χ1n) is 6.95. The molecule has 0 fully saturated rings. The van der Waals surface area contributed by atoms with E-state index in [1.807, 2.05) is 0 Å². The summed E-state index contributed by atoms with van der Waals surface area (Å²) in [6.45, 7) is 0.165. The second kappa shape index (κ2) is 9.13. The molecule has 0 aromatic heterocycles. The number of urea groups is 1. The lowest BCUT2D eigenvalue weighted by atomic mass is 10.1. The number of carbonyl (C=O) groups excluding carboxylic acids is 3. The Morgan fingerprint density at radius 1 is 1.00 bits per heavy atom. The fraction of sp³-hybridized carbons (Fsp3) is 0.333. The van der Waals surface area contributed by atoms with E-state index < -0.39 is 23.9 Å². The first-order valence-corrected chi connectivity index (χ1v) is 6.95. The van der Waals surface area contributed by atoms with Gasteiger partial charge in [0, 0.05) is 18.7 Å². The first-order chi connectivity index (χ1) is 11.4. The van der Waals surface area contributed by atoms with Gasteiger partial charge in [-0.25, -0.2) is 14.4 Å². The van der Waals surface area contributed by atoms with Gasteiger partial charge in [-0.2, -0.15) is 0 Å². The third-order valence-corrected chi connectivity index (χ3v) is 2.89. The van der Waals surface area contributed by atoms with Crippen LogP contribution in [0, 0.1) is 0 Å². The van der Waals surface area contributed by atoms with Crippen LogP contribution in [0.5, 0.6) is 0 Å². The van der Waals surface area contributed by atoms with Gasteiger partial charge in [-0.15, -0.1) is 0 Å². The summed E-state index contributed by atoms with van der Waals surface area (Å²) in [5, 5.41) is 13.4. The molecule has 9 nitrogen and oxygen atoms in total. The maximum absolute atomic E-state index is 11.8. The zero-order chi connectivity index (χ0) is 18.1. The summed E-state index contributed by atoms with van der Waals surface area (Å²) < 4.78 is 9.18. The van der Waals surface area contributed by atoms with Crippen LogP contribution in [-0.2, 0) is 14.3 Å². The molecule has 24 heavy (non-hydrogen) atoms. The molecule has 2 amide bonds. The lowest BCUT2D eigenvalue weighted by molar-refractivity contribution is -0.137. The van der Waals surface area contributed by atoms with Crippen molar-refractivity contribution in [3.05, 3.63) is 29.3 Å². The molecule has 1 aromatic rings. The van der Waals surface area contributed by atoms with Gasteiger partial charge in [0.2, 0.25) is 0 Å². The molecule has 0 aliphatic carbocycles. The van der Waals surface area contributed by atoms with E-state index in [9.17, 15) is 19.2 Å². The highest BCUT2D eigenvalue weighted by molar-refractivity contribution is 5.99. The number of rotatable bonds is 7. The largest absolute Gasteiger partial charge is 0.481 e. The van der Waals surface area contributed by atoms with Crippen LogP contribution in [0.25, 0.3) is 0 Å². The maximum atomic E-state index is 11.8. The number of carboxylic acid groups (broad SMARTS) is 1. The third kappa shape index (κ3) is 5.95. The Balaban J connectivity index is 2.81. The van der Waals surface area contributed by atoms with Crippen molar-refractivity contribution in [1.82, 2.24) is 5.32 Å². The Kier molecular flexibility index (Phi) is 7.21. The lowest BCUT2D eigenvalue weighted by Crippen LogP contribution is -2.30. The van der Waals surface area contributed by atoms with Crippen molar-refractivity contribution in [3.8, 4) is 0 Å². The monoisotopic (exact) mass is 338 g/mol. The number of nitrogens with one attached hydrogen (secondary N) is 2. The molecule has 0 saturated heterocycles. The molecule has 0 spiro atoms. The van der Waals surface area contributed by atoms with Gasteiger partial charge in [0.15, 0.2) is 0 Å². The van der Waals surface area contributed by atoms with Crippen molar-refractivity contribution < 1.29 is 33.8 Å². The number of hydrogen-bond acceptors (Lipinski definition) is 6. The fourth-order valence-electron chi connectivity index (χ4n) is 1.79.